The Morgan fingerprint density at radius 3 is 2.52 bits per heavy atom. The predicted molar refractivity (Wildman–Crippen MR) is 125 cm³/mol. The van der Waals surface area contributed by atoms with E-state index in [4.69, 9.17) is 28.9 Å². The van der Waals surface area contributed by atoms with E-state index in [1.54, 1.807) is 12.1 Å². The summed E-state index contributed by atoms with van der Waals surface area (Å²) >= 11 is 12.3. The zero-order chi connectivity index (χ0) is 22.4. The fourth-order valence-electron chi connectivity index (χ4n) is 4.84. The molecule has 0 bridgehead atoms. The Morgan fingerprint density at radius 1 is 1.16 bits per heavy atom. The van der Waals surface area contributed by atoms with E-state index in [-0.39, 0.29) is 24.8 Å². The Morgan fingerprint density at radius 2 is 1.87 bits per heavy atom. The highest BCUT2D eigenvalue weighted by molar-refractivity contribution is 6.35. The molecule has 0 radical (unpaired) electrons. The first-order valence-corrected chi connectivity index (χ1v) is 12.1. The quantitative estimate of drug-likeness (QED) is 0.644. The van der Waals surface area contributed by atoms with Gasteiger partial charge in [0.05, 0.1) is 0 Å². The van der Waals surface area contributed by atoms with E-state index < -0.39 is 6.04 Å². The van der Waals surface area contributed by atoms with Crippen LogP contribution in [0.15, 0.2) is 18.2 Å². The summed E-state index contributed by atoms with van der Waals surface area (Å²) in [6.45, 7) is 5.71. The number of nitrogens with two attached hydrogens (primary N) is 1. The number of amides is 2. The molecule has 6 nitrogen and oxygen atoms in total. The molecule has 172 valence electrons. The summed E-state index contributed by atoms with van der Waals surface area (Å²) in [6.07, 6.45) is 5.68. The summed E-state index contributed by atoms with van der Waals surface area (Å²) in [4.78, 5) is 30.0. The number of nitrogens with one attached hydrogen (secondary N) is 1. The van der Waals surface area contributed by atoms with Crippen LogP contribution in [-0.4, -0.2) is 66.4 Å². The van der Waals surface area contributed by atoms with Crippen molar-refractivity contribution < 1.29 is 9.59 Å². The monoisotopic (exact) mass is 468 g/mol. The number of carbonyl (C=O) groups is 2. The van der Waals surface area contributed by atoms with Crippen molar-refractivity contribution in [1.82, 2.24) is 15.1 Å². The van der Waals surface area contributed by atoms with Gasteiger partial charge in [-0.25, -0.2) is 0 Å². The van der Waals surface area contributed by atoms with E-state index in [0.29, 0.717) is 41.5 Å². The predicted octanol–water partition coefficient (Wildman–Crippen LogP) is 3.09. The molecule has 1 heterocycles. The molecule has 8 heteroatoms. The second-order valence-corrected chi connectivity index (χ2v) is 9.63. The lowest BCUT2D eigenvalue weighted by molar-refractivity contribution is -0.138. The molecule has 2 fully saturated rings. The lowest BCUT2D eigenvalue weighted by Gasteiger charge is -2.44. The average molecular weight is 469 g/mol. The van der Waals surface area contributed by atoms with Crippen LogP contribution in [0, 0.1) is 5.92 Å². The molecule has 1 saturated carbocycles. The molecular formula is C23H34Cl2N4O2. The maximum Gasteiger partial charge on any atom is 0.245 e. The zero-order valence-electron chi connectivity index (χ0n) is 18.3. The number of piperazine rings is 1. The summed E-state index contributed by atoms with van der Waals surface area (Å²) in [5, 5.41) is 3.91. The third-order valence-corrected chi connectivity index (χ3v) is 7.19. The molecule has 1 aromatic carbocycles. The molecule has 0 aromatic heterocycles. The molecule has 1 unspecified atom stereocenters. The van der Waals surface area contributed by atoms with Crippen molar-refractivity contribution >= 4 is 35.0 Å². The van der Waals surface area contributed by atoms with Gasteiger partial charge in [0.25, 0.3) is 0 Å². The van der Waals surface area contributed by atoms with E-state index in [1.165, 1.54) is 25.7 Å². The second-order valence-electron chi connectivity index (χ2n) is 8.79. The maximum absolute atomic E-state index is 13.4. The molecule has 1 aliphatic carbocycles. The van der Waals surface area contributed by atoms with Gasteiger partial charge >= 0.3 is 0 Å². The maximum atomic E-state index is 13.4. The Balaban J connectivity index is 1.65. The third-order valence-electron chi connectivity index (χ3n) is 6.61. The fourth-order valence-corrected chi connectivity index (χ4v) is 5.32. The van der Waals surface area contributed by atoms with Gasteiger partial charge in [-0.1, -0.05) is 49.0 Å². The number of rotatable bonds is 7. The number of hydrogen-bond acceptors (Lipinski definition) is 4. The van der Waals surface area contributed by atoms with Crippen molar-refractivity contribution in [2.75, 3.05) is 32.7 Å². The summed E-state index contributed by atoms with van der Waals surface area (Å²) < 4.78 is 0. The minimum atomic E-state index is -0.669. The van der Waals surface area contributed by atoms with Crippen LogP contribution in [0.5, 0.6) is 0 Å². The van der Waals surface area contributed by atoms with Crippen molar-refractivity contribution in [3.05, 3.63) is 33.8 Å². The smallest absolute Gasteiger partial charge is 0.245 e. The van der Waals surface area contributed by atoms with Gasteiger partial charge < -0.3 is 16.0 Å². The van der Waals surface area contributed by atoms with Gasteiger partial charge in [0, 0.05) is 61.7 Å². The number of halogens is 2. The van der Waals surface area contributed by atoms with Gasteiger partial charge in [-0.05, 0) is 36.5 Å². The standard InChI is InChI=1S/C23H34Cl2N4O2/c1-16-4-2-3-5-21(16)28-10-12-29(13-11-28)23(31)20(27-22(30)8-9-26)14-17-6-7-18(24)15-19(17)25/h6-7,15-16,20-21H,2-5,8-14,26H2,1H3,(H,27,30)/t16-,20?,21+/m1/s1. The number of carbonyl (C=O) groups excluding carboxylic acids is 2. The van der Waals surface area contributed by atoms with Crippen LogP contribution in [0.1, 0.15) is 44.6 Å². The molecule has 2 amide bonds. The van der Waals surface area contributed by atoms with Crippen LogP contribution in [0.2, 0.25) is 10.0 Å². The van der Waals surface area contributed by atoms with Gasteiger partial charge in [-0.3, -0.25) is 14.5 Å². The molecule has 3 rings (SSSR count). The highest BCUT2D eigenvalue weighted by Gasteiger charge is 2.33. The summed E-state index contributed by atoms with van der Waals surface area (Å²) in [5.41, 5.74) is 6.30. The summed E-state index contributed by atoms with van der Waals surface area (Å²) in [5.74, 6) is 0.430. The van der Waals surface area contributed by atoms with Crippen molar-refractivity contribution in [1.29, 1.82) is 0 Å². The fraction of sp³-hybridized carbons (Fsp3) is 0.652. The van der Waals surface area contributed by atoms with E-state index in [9.17, 15) is 9.59 Å². The lowest BCUT2D eigenvalue weighted by Crippen LogP contribution is -2.58. The number of nitrogens with zero attached hydrogens (tertiary/aromatic N) is 2. The van der Waals surface area contributed by atoms with Crippen LogP contribution >= 0.6 is 23.2 Å². The highest BCUT2D eigenvalue weighted by atomic mass is 35.5. The van der Waals surface area contributed by atoms with Gasteiger partial charge in [0.1, 0.15) is 6.04 Å². The summed E-state index contributed by atoms with van der Waals surface area (Å²) in [7, 11) is 0. The molecular weight excluding hydrogens is 435 g/mol. The van der Waals surface area contributed by atoms with Gasteiger partial charge in [0.15, 0.2) is 0 Å². The molecule has 3 N–H and O–H groups in total. The number of benzene rings is 1. The van der Waals surface area contributed by atoms with E-state index >= 15 is 0 Å². The van der Waals surface area contributed by atoms with Gasteiger partial charge in [-0.2, -0.15) is 0 Å². The first-order chi connectivity index (χ1) is 14.9. The molecule has 0 spiro atoms. The molecule has 1 saturated heterocycles. The van der Waals surface area contributed by atoms with E-state index in [1.807, 2.05) is 11.0 Å². The van der Waals surface area contributed by atoms with Crippen LogP contribution < -0.4 is 11.1 Å². The van der Waals surface area contributed by atoms with Crippen LogP contribution in [-0.2, 0) is 16.0 Å². The normalized spacial score (nSPS) is 23.4. The Kier molecular flexibility index (Phi) is 9.02. The van der Waals surface area contributed by atoms with E-state index in [0.717, 1.165) is 18.7 Å². The Bertz CT molecular complexity index is 768. The molecule has 1 aliphatic heterocycles. The molecule has 1 aromatic rings. The van der Waals surface area contributed by atoms with Crippen LogP contribution in [0.4, 0.5) is 0 Å². The van der Waals surface area contributed by atoms with E-state index in [2.05, 4.69) is 17.1 Å². The number of hydrogen-bond donors (Lipinski definition) is 2. The minimum absolute atomic E-state index is 0.0623. The van der Waals surface area contributed by atoms with Crippen molar-refractivity contribution in [3.8, 4) is 0 Å². The first-order valence-electron chi connectivity index (χ1n) is 11.3. The Hall–Kier alpha value is -1.34. The average Bonchev–Trinajstić information content (AvgIpc) is 2.75. The molecule has 2 aliphatic rings. The zero-order valence-corrected chi connectivity index (χ0v) is 19.8. The van der Waals surface area contributed by atoms with Gasteiger partial charge in [-0.15, -0.1) is 0 Å². The molecule has 31 heavy (non-hydrogen) atoms. The molecule has 3 atom stereocenters. The van der Waals surface area contributed by atoms with Crippen molar-refractivity contribution in [3.63, 3.8) is 0 Å². The highest BCUT2D eigenvalue weighted by Crippen LogP contribution is 2.29. The topological polar surface area (TPSA) is 78.7 Å². The van der Waals surface area contributed by atoms with Gasteiger partial charge in [0.2, 0.25) is 11.8 Å². The Labute approximate surface area is 195 Å². The SMILES string of the molecule is C[C@@H]1CCCC[C@@H]1N1CCN(C(=O)C(Cc2ccc(Cl)cc2Cl)NC(=O)CCN)CC1. The second kappa shape index (κ2) is 11.5. The summed E-state index contributed by atoms with van der Waals surface area (Å²) in [6, 6.07) is 5.17. The lowest BCUT2D eigenvalue weighted by atomic mass is 9.84. The van der Waals surface area contributed by atoms with Crippen LogP contribution in [0.25, 0.3) is 0 Å². The van der Waals surface area contributed by atoms with Crippen molar-refractivity contribution in [2.45, 2.75) is 57.5 Å². The van der Waals surface area contributed by atoms with Crippen molar-refractivity contribution in [2.24, 2.45) is 11.7 Å². The third kappa shape index (κ3) is 6.58. The minimum Gasteiger partial charge on any atom is -0.344 e. The first kappa shape index (κ1) is 24.3. The van der Waals surface area contributed by atoms with Crippen LogP contribution in [0.3, 0.4) is 0 Å². The largest absolute Gasteiger partial charge is 0.344 e.